The van der Waals surface area contributed by atoms with Crippen molar-refractivity contribution in [2.24, 2.45) is 0 Å². The number of carboxylic acid groups (broad SMARTS) is 1. The number of aromatic nitrogens is 2. The molecule has 0 aliphatic carbocycles. The highest BCUT2D eigenvalue weighted by atomic mass is 35.5. The van der Waals surface area contributed by atoms with Crippen molar-refractivity contribution in [1.29, 1.82) is 0 Å². The standard InChI is InChI=1S/C13H11ClN2O3/c1-7-8(2)16(10-5-3-9(14)4-6-10)15-11(12(7)17)13(18)19/h3-6H,1-2H3,(H,18,19). The van der Waals surface area contributed by atoms with E-state index in [4.69, 9.17) is 16.7 Å². The van der Waals surface area contributed by atoms with E-state index in [1.165, 1.54) is 4.68 Å². The first-order chi connectivity index (χ1) is 8.91. The van der Waals surface area contributed by atoms with Crippen LogP contribution in [0.1, 0.15) is 21.7 Å². The Hall–Kier alpha value is -2.14. The molecule has 1 aromatic heterocycles. The Morgan fingerprint density at radius 2 is 1.84 bits per heavy atom. The monoisotopic (exact) mass is 278 g/mol. The van der Waals surface area contributed by atoms with Gasteiger partial charge >= 0.3 is 5.97 Å². The molecule has 0 unspecified atom stereocenters. The molecule has 0 amide bonds. The van der Waals surface area contributed by atoms with Crippen LogP contribution in [-0.4, -0.2) is 20.9 Å². The molecule has 0 bridgehead atoms. The Morgan fingerprint density at radius 3 is 2.37 bits per heavy atom. The molecule has 0 aliphatic heterocycles. The fourth-order valence-corrected chi connectivity index (χ4v) is 1.82. The number of benzene rings is 1. The van der Waals surface area contributed by atoms with Gasteiger partial charge in [-0.15, -0.1) is 0 Å². The number of carboxylic acids is 1. The van der Waals surface area contributed by atoms with Gasteiger partial charge < -0.3 is 5.11 Å². The molecule has 5 nitrogen and oxygen atoms in total. The predicted octanol–water partition coefficient (Wildman–Crippen LogP) is 2.20. The summed E-state index contributed by atoms with van der Waals surface area (Å²) in [6.45, 7) is 3.29. The minimum Gasteiger partial charge on any atom is -0.476 e. The Kier molecular flexibility index (Phi) is 3.40. The molecular weight excluding hydrogens is 268 g/mol. The highest BCUT2D eigenvalue weighted by molar-refractivity contribution is 6.30. The van der Waals surface area contributed by atoms with Gasteiger partial charge in [0.25, 0.3) is 0 Å². The number of aromatic carboxylic acids is 1. The van der Waals surface area contributed by atoms with Gasteiger partial charge in [-0.3, -0.25) is 4.79 Å². The summed E-state index contributed by atoms with van der Waals surface area (Å²) >= 11 is 5.80. The molecule has 0 aliphatic rings. The fourth-order valence-electron chi connectivity index (χ4n) is 1.69. The summed E-state index contributed by atoms with van der Waals surface area (Å²) in [5, 5.41) is 13.5. The van der Waals surface area contributed by atoms with E-state index in [0.717, 1.165) is 0 Å². The van der Waals surface area contributed by atoms with Crippen LogP contribution in [0.25, 0.3) is 5.69 Å². The van der Waals surface area contributed by atoms with Crippen LogP contribution in [0.4, 0.5) is 0 Å². The molecule has 19 heavy (non-hydrogen) atoms. The van der Waals surface area contributed by atoms with Crippen molar-refractivity contribution in [3.05, 3.63) is 56.5 Å². The van der Waals surface area contributed by atoms with Crippen LogP contribution in [0.2, 0.25) is 5.02 Å². The largest absolute Gasteiger partial charge is 0.476 e. The third kappa shape index (κ3) is 2.37. The molecule has 1 aromatic carbocycles. The summed E-state index contributed by atoms with van der Waals surface area (Å²) in [6.07, 6.45) is 0. The zero-order chi connectivity index (χ0) is 14.2. The number of halogens is 1. The topological polar surface area (TPSA) is 72.2 Å². The van der Waals surface area contributed by atoms with Gasteiger partial charge in [0.15, 0.2) is 0 Å². The van der Waals surface area contributed by atoms with E-state index >= 15 is 0 Å². The van der Waals surface area contributed by atoms with Crippen LogP contribution >= 0.6 is 11.6 Å². The summed E-state index contributed by atoms with van der Waals surface area (Å²) in [5.41, 5.74) is 0.556. The van der Waals surface area contributed by atoms with E-state index < -0.39 is 17.1 Å². The molecule has 98 valence electrons. The molecule has 0 radical (unpaired) electrons. The van der Waals surface area contributed by atoms with Gasteiger partial charge in [-0.1, -0.05) is 11.6 Å². The van der Waals surface area contributed by atoms with E-state index in [2.05, 4.69) is 5.10 Å². The molecule has 0 atom stereocenters. The highest BCUT2D eigenvalue weighted by Crippen LogP contribution is 2.15. The average molecular weight is 279 g/mol. The van der Waals surface area contributed by atoms with Gasteiger partial charge in [0.2, 0.25) is 11.1 Å². The maximum atomic E-state index is 11.8. The number of carbonyl (C=O) groups is 1. The SMILES string of the molecule is Cc1c(C)n(-c2ccc(Cl)cc2)nc(C(=O)O)c1=O. The lowest BCUT2D eigenvalue weighted by Crippen LogP contribution is -2.25. The summed E-state index contributed by atoms with van der Waals surface area (Å²) in [7, 11) is 0. The van der Waals surface area contributed by atoms with Crippen molar-refractivity contribution in [3.8, 4) is 5.69 Å². The zero-order valence-electron chi connectivity index (χ0n) is 10.3. The van der Waals surface area contributed by atoms with Gasteiger partial charge in [0.1, 0.15) is 0 Å². The van der Waals surface area contributed by atoms with Gasteiger partial charge in [-0.2, -0.15) is 5.10 Å². The van der Waals surface area contributed by atoms with E-state index in [-0.39, 0.29) is 0 Å². The molecule has 6 heteroatoms. The molecule has 0 fully saturated rings. The molecule has 0 spiro atoms. The maximum Gasteiger partial charge on any atom is 0.360 e. The summed E-state index contributed by atoms with van der Waals surface area (Å²) in [4.78, 5) is 22.8. The van der Waals surface area contributed by atoms with Crippen molar-refractivity contribution >= 4 is 17.6 Å². The first kappa shape index (κ1) is 13.3. The fraction of sp³-hybridized carbons (Fsp3) is 0.154. The van der Waals surface area contributed by atoms with Crippen molar-refractivity contribution in [2.75, 3.05) is 0 Å². The smallest absolute Gasteiger partial charge is 0.360 e. The highest BCUT2D eigenvalue weighted by Gasteiger charge is 2.17. The van der Waals surface area contributed by atoms with Crippen molar-refractivity contribution in [3.63, 3.8) is 0 Å². The van der Waals surface area contributed by atoms with Gasteiger partial charge in [-0.05, 0) is 38.1 Å². The second-order valence-corrected chi connectivity index (χ2v) is 4.52. The van der Waals surface area contributed by atoms with Gasteiger partial charge in [0, 0.05) is 16.3 Å². The Morgan fingerprint density at radius 1 is 1.26 bits per heavy atom. The van der Waals surface area contributed by atoms with Crippen LogP contribution in [0.3, 0.4) is 0 Å². The second-order valence-electron chi connectivity index (χ2n) is 4.08. The Bertz CT molecular complexity index is 705. The quantitative estimate of drug-likeness (QED) is 0.914. The van der Waals surface area contributed by atoms with E-state index in [1.807, 2.05) is 0 Å². The van der Waals surface area contributed by atoms with Crippen molar-refractivity contribution in [1.82, 2.24) is 9.78 Å². The number of hydrogen-bond acceptors (Lipinski definition) is 3. The molecular formula is C13H11ClN2O3. The minimum atomic E-state index is -1.34. The molecule has 2 aromatic rings. The Balaban J connectivity index is 2.74. The Labute approximate surface area is 114 Å². The maximum absolute atomic E-state index is 11.8. The van der Waals surface area contributed by atoms with Gasteiger partial charge in [0.05, 0.1) is 5.69 Å². The van der Waals surface area contributed by atoms with Crippen LogP contribution in [0.5, 0.6) is 0 Å². The molecule has 0 saturated heterocycles. The van der Waals surface area contributed by atoms with Crippen LogP contribution in [0, 0.1) is 13.8 Å². The average Bonchev–Trinajstić information content (AvgIpc) is 2.37. The number of rotatable bonds is 2. The van der Waals surface area contributed by atoms with Crippen LogP contribution in [0.15, 0.2) is 29.1 Å². The first-order valence-corrected chi connectivity index (χ1v) is 5.89. The van der Waals surface area contributed by atoms with E-state index in [1.54, 1.807) is 38.1 Å². The minimum absolute atomic E-state index is 0.363. The van der Waals surface area contributed by atoms with Gasteiger partial charge in [-0.25, -0.2) is 9.48 Å². The normalized spacial score (nSPS) is 10.5. The van der Waals surface area contributed by atoms with E-state index in [9.17, 15) is 9.59 Å². The first-order valence-electron chi connectivity index (χ1n) is 5.51. The molecule has 0 saturated carbocycles. The lowest BCUT2D eigenvalue weighted by molar-refractivity contribution is 0.0686. The zero-order valence-corrected chi connectivity index (χ0v) is 11.1. The van der Waals surface area contributed by atoms with Crippen molar-refractivity contribution in [2.45, 2.75) is 13.8 Å². The third-order valence-electron chi connectivity index (χ3n) is 2.89. The number of nitrogens with zero attached hydrogens (tertiary/aromatic N) is 2. The summed E-state index contributed by atoms with van der Waals surface area (Å²) in [5.74, 6) is -1.34. The third-order valence-corrected chi connectivity index (χ3v) is 3.14. The van der Waals surface area contributed by atoms with Crippen LogP contribution in [-0.2, 0) is 0 Å². The molecule has 1 heterocycles. The summed E-state index contributed by atoms with van der Waals surface area (Å²) < 4.78 is 1.43. The van der Waals surface area contributed by atoms with Crippen LogP contribution < -0.4 is 5.43 Å². The summed E-state index contributed by atoms with van der Waals surface area (Å²) in [6, 6.07) is 6.76. The lowest BCUT2D eigenvalue weighted by atomic mass is 10.2. The lowest BCUT2D eigenvalue weighted by Gasteiger charge is -2.12. The molecule has 2 rings (SSSR count). The van der Waals surface area contributed by atoms with E-state index in [0.29, 0.717) is 22.0 Å². The molecule has 1 N–H and O–H groups in total. The predicted molar refractivity (Wildman–Crippen MR) is 71.3 cm³/mol. The number of hydrogen-bond donors (Lipinski definition) is 1. The second kappa shape index (κ2) is 4.85. The van der Waals surface area contributed by atoms with Crippen molar-refractivity contribution < 1.29 is 9.90 Å².